The van der Waals surface area contributed by atoms with Crippen molar-refractivity contribution in [2.45, 2.75) is 0 Å². The summed E-state index contributed by atoms with van der Waals surface area (Å²) in [7, 11) is 0. The number of amides is 1. The van der Waals surface area contributed by atoms with E-state index in [1.54, 1.807) is 0 Å². The van der Waals surface area contributed by atoms with Crippen LogP contribution in [0.15, 0.2) is 53.6 Å². The molecular formula is C19H9Cl2FN4O3S2. The van der Waals surface area contributed by atoms with Crippen molar-refractivity contribution in [3.05, 3.63) is 84.3 Å². The maximum atomic E-state index is 13.6. The summed E-state index contributed by atoms with van der Waals surface area (Å²) >= 11 is 14.2. The van der Waals surface area contributed by atoms with E-state index in [0.717, 1.165) is 27.7 Å². The Bertz CT molecular complexity index is 1340. The van der Waals surface area contributed by atoms with Crippen LogP contribution in [-0.2, 0) is 0 Å². The molecule has 2 aromatic heterocycles. The summed E-state index contributed by atoms with van der Waals surface area (Å²) in [5.74, 6) is -1.01. The van der Waals surface area contributed by atoms with Gasteiger partial charge in [0.2, 0.25) is 5.13 Å². The minimum absolute atomic E-state index is 0.0713. The van der Waals surface area contributed by atoms with Crippen molar-refractivity contribution in [1.82, 2.24) is 4.98 Å². The summed E-state index contributed by atoms with van der Waals surface area (Å²) in [5.41, 5.74) is 1.09. The van der Waals surface area contributed by atoms with E-state index < -0.39 is 16.6 Å². The maximum absolute atomic E-state index is 13.6. The molecule has 0 aliphatic carbocycles. The highest BCUT2D eigenvalue weighted by atomic mass is 35.5. The zero-order chi connectivity index (χ0) is 22.1. The van der Waals surface area contributed by atoms with Gasteiger partial charge in [-0.15, -0.1) is 11.3 Å². The van der Waals surface area contributed by atoms with Crippen LogP contribution in [0.3, 0.4) is 0 Å². The van der Waals surface area contributed by atoms with E-state index in [1.165, 1.54) is 54.7 Å². The second kappa shape index (κ2) is 8.67. The van der Waals surface area contributed by atoms with Gasteiger partial charge in [0.1, 0.15) is 10.2 Å². The van der Waals surface area contributed by atoms with Gasteiger partial charge in [-0.2, -0.15) is 10.1 Å². The van der Waals surface area contributed by atoms with Crippen LogP contribution in [0.1, 0.15) is 15.9 Å². The van der Waals surface area contributed by atoms with Crippen LogP contribution >= 0.6 is 45.9 Å². The Kier molecular flexibility index (Phi) is 5.96. The first-order chi connectivity index (χ1) is 14.8. The summed E-state index contributed by atoms with van der Waals surface area (Å²) in [5, 5.41) is 16.3. The quantitative estimate of drug-likeness (QED) is 0.182. The Morgan fingerprint density at radius 1 is 1.16 bits per heavy atom. The third kappa shape index (κ3) is 4.57. The number of anilines is 1. The van der Waals surface area contributed by atoms with Crippen LogP contribution in [0.4, 0.5) is 15.2 Å². The van der Waals surface area contributed by atoms with Crippen LogP contribution in [0.5, 0.6) is 0 Å². The first-order valence-electron chi connectivity index (χ1n) is 8.45. The smallest absolute Gasteiger partial charge is 0.267 e. The number of hydrazone groups is 1. The van der Waals surface area contributed by atoms with Crippen molar-refractivity contribution in [2.24, 2.45) is 5.10 Å². The largest absolute Gasteiger partial charge is 0.283 e. The van der Waals surface area contributed by atoms with Gasteiger partial charge in [-0.25, -0.2) is 9.37 Å². The van der Waals surface area contributed by atoms with Crippen molar-refractivity contribution in [1.29, 1.82) is 0 Å². The van der Waals surface area contributed by atoms with E-state index in [0.29, 0.717) is 20.1 Å². The van der Waals surface area contributed by atoms with Gasteiger partial charge in [0, 0.05) is 12.1 Å². The number of rotatable bonds is 5. The van der Waals surface area contributed by atoms with E-state index in [9.17, 15) is 19.3 Å². The number of benzene rings is 2. The fourth-order valence-electron chi connectivity index (χ4n) is 2.57. The highest BCUT2D eigenvalue weighted by molar-refractivity contribution is 7.22. The van der Waals surface area contributed by atoms with Crippen molar-refractivity contribution in [3.63, 3.8) is 0 Å². The number of hydrogen-bond donors (Lipinski definition) is 0. The van der Waals surface area contributed by atoms with Gasteiger partial charge >= 0.3 is 0 Å². The van der Waals surface area contributed by atoms with Crippen LogP contribution in [-0.4, -0.2) is 22.0 Å². The van der Waals surface area contributed by atoms with Gasteiger partial charge < -0.3 is 0 Å². The molecule has 0 fully saturated rings. The van der Waals surface area contributed by atoms with Crippen molar-refractivity contribution < 1.29 is 14.1 Å². The second-order valence-corrected chi connectivity index (χ2v) is 9.35. The minimum atomic E-state index is -0.578. The number of non-ortho nitro benzene ring substituents is 1. The summed E-state index contributed by atoms with van der Waals surface area (Å²) in [6.07, 6.45) is 1.36. The number of nitro groups is 1. The summed E-state index contributed by atoms with van der Waals surface area (Å²) in [6.45, 7) is 0. The number of hydrogen-bond acceptors (Lipinski definition) is 7. The lowest BCUT2D eigenvalue weighted by molar-refractivity contribution is -0.384. The van der Waals surface area contributed by atoms with Gasteiger partial charge in [-0.05, 0) is 42.0 Å². The van der Waals surface area contributed by atoms with Gasteiger partial charge in [0.25, 0.3) is 11.6 Å². The highest BCUT2D eigenvalue weighted by Crippen LogP contribution is 2.35. The predicted molar refractivity (Wildman–Crippen MR) is 121 cm³/mol. The molecule has 0 bridgehead atoms. The van der Waals surface area contributed by atoms with Crippen molar-refractivity contribution in [3.8, 4) is 0 Å². The monoisotopic (exact) mass is 494 g/mol. The summed E-state index contributed by atoms with van der Waals surface area (Å²) in [6, 6.07) is 11.1. The maximum Gasteiger partial charge on any atom is 0.283 e. The molecule has 156 valence electrons. The fraction of sp³-hybridized carbons (Fsp3) is 0. The molecule has 2 heterocycles. The zero-order valence-electron chi connectivity index (χ0n) is 15.2. The van der Waals surface area contributed by atoms with E-state index >= 15 is 0 Å². The number of aromatic nitrogens is 1. The van der Waals surface area contributed by atoms with Crippen molar-refractivity contribution in [2.75, 3.05) is 5.01 Å². The molecule has 0 unspecified atom stereocenters. The molecule has 0 N–H and O–H groups in total. The van der Waals surface area contributed by atoms with E-state index in [4.69, 9.17) is 23.2 Å². The number of nitro benzene ring substituents is 1. The second-order valence-electron chi connectivity index (χ2n) is 6.06. The summed E-state index contributed by atoms with van der Waals surface area (Å²) in [4.78, 5) is 27.8. The zero-order valence-corrected chi connectivity index (χ0v) is 18.3. The van der Waals surface area contributed by atoms with Crippen LogP contribution in [0.2, 0.25) is 8.67 Å². The molecule has 4 rings (SSSR count). The molecule has 12 heteroatoms. The number of carbonyl (C=O) groups is 1. The van der Waals surface area contributed by atoms with Crippen LogP contribution in [0, 0.1) is 15.9 Å². The van der Waals surface area contributed by atoms with Crippen LogP contribution in [0.25, 0.3) is 10.2 Å². The normalized spacial score (nSPS) is 11.3. The number of carbonyl (C=O) groups excluding carboxylic acids is 1. The molecular weight excluding hydrogens is 486 g/mol. The average Bonchev–Trinajstić information content (AvgIpc) is 3.30. The third-order valence-corrected chi connectivity index (χ3v) is 6.51. The lowest BCUT2D eigenvalue weighted by Gasteiger charge is -2.13. The number of thiazole rings is 1. The van der Waals surface area contributed by atoms with Gasteiger partial charge in [-0.3, -0.25) is 14.9 Å². The molecule has 2 aromatic carbocycles. The number of thiophene rings is 1. The fourth-order valence-corrected chi connectivity index (χ4v) is 4.97. The van der Waals surface area contributed by atoms with E-state index in [2.05, 4.69) is 10.1 Å². The molecule has 0 aliphatic rings. The molecule has 0 aliphatic heterocycles. The van der Waals surface area contributed by atoms with Gasteiger partial charge in [0.15, 0.2) is 0 Å². The lowest BCUT2D eigenvalue weighted by atomic mass is 10.2. The standard InChI is InChI=1S/C19H9Cl2FN4O3S2/c20-16-8-13(17(21)31-16)18(27)25(19-24-14-6-3-11(22)7-15(14)30-19)23-9-10-1-4-12(5-2-10)26(28)29/h1-9H/b23-9+. The topological polar surface area (TPSA) is 88.7 Å². The third-order valence-electron chi connectivity index (χ3n) is 4.03. The van der Waals surface area contributed by atoms with Gasteiger partial charge in [-0.1, -0.05) is 34.5 Å². The van der Waals surface area contributed by atoms with E-state index in [-0.39, 0.29) is 20.7 Å². The number of halogens is 3. The first kappa shape index (κ1) is 21.3. The molecule has 0 spiro atoms. The molecule has 0 atom stereocenters. The molecule has 7 nitrogen and oxygen atoms in total. The summed E-state index contributed by atoms with van der Waals surface area (Å²) < 4.78 is 14.6. The van der Waals surface area contributed by atoms with E-state index in [1.807, 2.05) is 0 Å². The average molecular weight is 495 g/mol. The number of fused-ring (bicyclic) bond motifs is 1. The Hall–Kier alpha value is -2.92. The van der Waals surface area contributed by atoms with Crippen LogP contribution < -0.4 is 5.01 Å². The molecule has 0 radical (unpaired) electrons. The molecule has 0 saturated heterocycles. The van der Waals surface area contributed by atoms with Gasteiger partial charge in [0.05, 0.1) is 31.3 Å². The Morgan fingerprint density at radius 2 is 1.90 bits per heavy atom. The Morgan fingerprint density at radius 3 is 2.55 bits per heavy atom. The molecule has 1 amide bonds. The molecule has 31 heavy (non-hydrogen) atoms. The predicted octanol–water partition coefficient (Wildman–Crippen LogP) is 6.39. The SMILES string of the molecule is O=C(c1cc(Cl)sc1Cl)N(/N=C/c1ccc([N+](=O)[O-])cc1)c1nc2ccc(F)cc2s1. The first-order valence-corrected chi connectivity index (χ1v) is 10.8. The minimum Gasteiger partial charge on any atom is -0.267 e. The number of nitrogens with zero attached hydrogens (tertiary/aromatic N) is 4. The highest BCUT2D eigenvalue weighted by Gasteiger charge is 2.25. The lowest BCUT2D eigenvalue weighted by Crippen LogP contribution is -2.25. The van der Waals surface area contributed by atoms with Crippen molar-refractivity contribution >= 4 is 79.0 Å². The molecule has 4 aromatic rings. The Labute approximate surface area is 192 Å². The molecule has 0 saturated carbocycles. The Balaban J connectivity index is 1.75.